The van der Waals surface area contributed by atoms with Crippen LogP contribution in [0.3, 0.4) is 0 Å². The molecule has 1 unspecified atom stereocenters. The second-order valence-corrected chi connectivity index (χ2v) is 5.09. The van der Waals surface area contributed by atoms with Gasteiger partial charge in [0.25, 0.3) is 5.91 Å². The second kappa shape index (κ2) is 4.79. The number of aliphatic carboxylic acids is 1. The Morgan fingerprint density at radius 1 is 1.41 bits per heavy atom. The van der Waals surface area contributed by atoms with Crippen LogP contribution in [-0.2, 0) is 4.79 Å². The highest BCUT2D eigenvalue weighted by molar-refractivity contribution is 6.29. The number of amides is 1. The topological polar surface area (TPSA) is 79.5 Å². The molecule has 0 fully saturated rings. The van der Waals surface area contributed by atoms with Gasteiger partial charge >= 0.3 is 5.97 Å². The maximum absolute atomic E-state index is 11.7. The highest BCUT2D eigenvalue weighted by Crippen LogP contribution is 2.20. The van der Waals surface area contributed by atoms with Crippen molar-refractivity contribution in [2.45, 2.75) is 26.8 Å². The molecule has 1 heterocycles. The van der Waals surface area contributed by atoms with Crippen molar-refractivity contribution >= 4 is 23.5 Å². The zero-order valence-corrected chi connectivity index (χ0v) is 10.5. The molecule has 0 bridgehead atoms. The van der Waals surface area contributed by atoms with Crippen molar-refractivity contribution in [2.75, 3.05) is 0 Å². The Morgan fingerprint density at radius 2 is 2.00 bits per heavy atom. The van der Waals surface area contributed by atoms with Gasteiger partial charge in [-0.25, -0.2) is 4.79 Å². The third kappa shape index (κ3) is 3.49. The van der Waals surface area contributed by atoms with E-state index in [9.17, 15) is 9.59 Å². The van der Waals surface area contributed by atoms with Gasteiger partial charge in [0.05, 0.1) is 0 Å². The lowest BCUT2D eigenvalue weighted by molar-refractivity contribution is -0.142. The Bertz CT molecular complexity index is 433. The molecule has 2 N–H and O–H groups in total. The number of halogens is 1. The number of nitrogens with one attached hydrogen (secondary N) is 1. The third-order valence-electron chi connectivity index (χ3n) is 2.19. The van der Waals surface area contributed by atoms with Crippen LogP contribution in [0.25, 0.3) is 0 Å². The first-order valence-electron chi connectivity index (χ1n) is 5.01. The molecule has 0 spiro atoms. The minimum atomic E-state index is -1.09. The average Bonchev–Trinajstić information content (AvgIpc) is 2.58. The quantitative estimate of drug-likeness (QED) is 0.872. The van der Waals surface area contributed by atoms with E-state index < -0.39 is 23.3 Å². The maximum atomic E-state index is 11.7. The minimum Gasteiger partial charge on any atom is -0.480 e. The van der Waals surface area contributed by atoms with Gasteiger partial charge in [-0.2, -0.15) is 0 Å². The molecule has 1 rings (SSSR count). The molecular weight excluding hydrogens is 246 g/mol. The van der Waals surface area contributed by atoms with Crippen LogP contribution >= 0.6 is 11.6 Å². The molecule has 0 saturated carbocycles. The normalized spacial score (nSPS) is 13.2. The number of hydrogen-bond donors (Lipinski definition) is 2. The number of rotatable bonds is 3. The third-order valence-corrected chi connectivity index (χ3v) is 2.39. The van der Waals surface area contributed by atoms with Gasteiger partial charge in [0.15, 0.2) is 11.0 Å². The first-order valence-corrected chi connectivity index (χ1v) is 5.38. The van der Waals surface area contributed by atoms with Crippen LogP contribution in [0.15, 0.2) is 16.5 Å². The fraction of sp³-hybridized carbons (Fsp3) is 0.455. The van der Waals surface area contributed by atoms with Crippen LogP contribution in [0, 0.1) is 5.41 Å². The number of carboxylic acid groups (broad SMARTS) is 1. The molecule has 0 aliphatic rings. The lowest BCUT2D eigenvalue weighted by Crippen LogP contribution is -2.49. The van der Waals surface area contributed by atoms with Crippen molar-refractivity contribution in [1.82, 2.24) is 5.32 Å². The summed E-state index contributed by atoms with van der Waals surface area (Å²) >= 11 is 5.53. The monoisotopic (exact) mass is 259 g/mol. The largest absolute Gasteiger partial charge is 0.480 e. The van der Waals surface area contributed by atoms with Gasteiger partial charge in [0.2, 0.25) is 0 Å². The summed E-state index contributed by atoms with van der Waals surface area (Å²) in [6.07, 6.45) is 0. The van der Waals surface area contributed by atoms with Crippen molar-refractivity contribution in [1.29, 1.82) is 0 Å². The molecule has 94 valence electrons. The lowest BCUT2D eigenvalue weighted by atomic mass is 9.87. The molecule has 17 heavy (non-hydrogen) atoms. The molecule has 0 radical (unpaired) electrons. The zero-order chi connectivity index (χ0) is 13.2. The summed E-state index contributed by atoms with van der Waals surface area (Å²) in [5.41, 5.74) is -0.599. The van der Waals surface area contributed by atoms with Crippen molar-refractivity contribution in [3.05, 3.63) is 23.1 Å². The first-order chi connectivity index (χ1) is 7.71. The number of furan rings is 1. The summed E-state index contributed by atoms with van der Waals surface area (Å²) in [5.74, 6) is -1.70. The average molecular weight is 260 g/mol. The van der Waals surface area contributed by atoms with E-state index in [1.165, 1.54) is 12.1 Å². The molecule has 1 aromatic heterocycles. The van der Waals surface area contributed by atoms with E-state index in [-0.39, 0.29) is 11.0 Å². The molecule has 0 aliphatic carbocycles. The van der Waals surface area contributed by atoms with Crippen LogP contribution in [0.1, 0.15) is 31.3 Å². The van der Waals surface area contributed by atoms with Crippen molar-refractivity contribution in [2.24, 2.45) is 5.41 Å². The van der Waals surface area contributed by atoms with E-state index in [0.29, 0.717) is 0 Å². The lowest BCUT2D eigenvalue weighted by Gasteiger charge is -2.27. The van der Waals surface area contributed by atoms with Crippen molar-refractivity contribution in [3.63, 3.8) is 0 Å². The van der Waals surface area contributed by atoms with Crippen molar-refractivity contribution in [3.8, 4) is 0 Å². The molecule has 1 amide bonds. The Balaban J connectivity index is 2.82. The van der Waals surface area contributed by atoms with E-state index in [1.54, 1.807) is 20.8 Å². The molecule has 5 nitrogen and oxygen atoms in total. The van der Waals surface area contributed by atoms with Gasteiger partial charge in [0, 0.05) is 0 Å². The SMILES string of the molecule is CC(C)(C)C(NC(=O)c1ccc(Cl)o1)C(=O)O. The van der Waals surface area contributed by atoms with Crippen LogP contribution in [0.5, 0.6) is 0 Å². The number of carboxylic acids is 1. The number of carbonyl (C=O) groups excluding carboxylic acids is 1. The highest BCUT2D eigenvalue weighted by Gasteiger charge is 2.33. The number of carbonyl (C=O) groups is 2. The predicted octanol–water partition coefficient (Wildman–Crippen LogP) is 2.16. The van der Waals surface area contributed by atoms with Gasteiger partial charge in [-0.1, -0.05) is 20.8 Å². The molecule has 1 aromatic rings. The van der Waals surface area contributed by atoms with Gasteiger partial charge in [-0.15, -0.1) is 0 Å². The summed E-state index contributed by atoms with van der Waals surface area (Å²) in [6.45, 7) is 5.17. The molecule has 6 heteroatoms. The molecular formula is C11H14ClNO4. The molecule has 1 atom stereocenters. The van der Waals surface area contributed by atoms with Crippen LogP contribution in [0.2, 0.25) is 5.22 Å². The second-order valence-electron chi connectivity index (χ2n) is 4.71. The Hall–Kier alpha value is -1.49. The summed E-state index contributed by atoms with van der Waals surface area (Å²) in [4.78, 5) is 22.7. The predicted molar refractivity (Wildman–Crippen MR) is 62.1 cm³/mol. The summed E-state index contributed by atoms with van der Waals surface area (Å²) < 4.78 is 4.90. The summed E-state index contributed by atoms with van der Waals surface area (Å²) in [5, 5.41) is 11.5. The fourth-order valence-electron chi connectivity index (χ4n) is 1.29. The molecule has 0 saturated heterocycles. The van der Waals surface area contributed by atoms with Gasteiger partial charge in [-0.3, -0.25) is 4.79 Å². The van der Waals surface area contributed by atoms with Gasteiger partial charge < -0.3 is 14.8 Å². The van der Waals surface area contributed by atoms with Gasteiger partial charge in [-0.05, 0) is 29.1 Å². The van der Waals surface area contributed by atoms with E-state index in [1.807, 2.05) is 0 Å². The maximum Gasteiger partial charge on any atom is 0.326 e. The zero-order valence-electron chi connectivity index (χ0n) is 9.78. The Morgan fingerprint density at radius 3 is 2.35 bits per heavy atom. The molecule has 0 aromatic carbocycles. The Kier molecular flexibility index (Phi) is 3.83. The number of hydrogen-bond acceptors (Lipinski definition) is 3. The molecule has 0 aliphatic heterocycles. The van der Waals surface area contributed by atoms with Crippen molar-refractivity contribution < 1.29 is 19.1 Å². The minimum absolute atomic E-state index is 0.00880. The van der Waals surface area contributed by atoms with Crippen LogP contribution in [-0.4, -0.2) is 23.0 Å². The van der Waals surface area contributed by atoms with E-state index >= 15 is 0 Å². The van der Waals surface area contributed by atoms with E-state index in [2.05, 4.69) is 5.32 Å². The summed E-state index contributed by atoms with van der Waals surface area (Å²) in [7, 11) is 0. The Labute approximate surface area is 104 Å². The highest BCUT2D eigenvalue weighted by atomic mass is 35.5. The fourth-order valence-corrected chi connectivity index (χ4v) is 1.43. The first kappa shape index (κ1) is 13.6. The van der Waals surface area contributed by atoms with E-state index in [4.69, 9.17) is 21.1 Å². The smallest absolute Gasteiger partial charge is 0.326 e. The van der Waals surface area contributed by atoms with Crippen LogP contribution in [0.4, 0.5) is 0 Å². The van der Waals surface area contributed by atoms with Crippen LogP contribution < -0.4 is 5.32 Å². The van der Waals surface area contributed by atoms with Gasteiger partial charge in [0.1, 0.15) is 6.04 Å². The van der Waals surface area contributed by atoms with E-state index in [0.717, 1.165) is 0 Å². The summed E-state index contributed by atoms with van der Waals surface area (Å²) in [6, 6.07) is 1.81. The standard InChI is InChI=1S/C11H14ClNO4/c1-11(2,3)8(10(15)16)13-9(14)6-4-5-7(12)17-6/h4-5,8H,1-3H3,(H,13,14)(H,15,16).